The maximum Gasteiger partial charge on any atom is 0.509 e. The van der Waals surface area contributed by atoms with Gasteiger partial charge in [-0.05, 0) is 125 Å². The van der Waals surface area contributed by atoms with Gasteiger partial charge < -0.3 is 76.5 Å². The number of aromatic carboxylic acids is 1. The third-order valence-electron chi connectivity index (χ3n) is 16.9. The van der Waals surface area contributed by atoms with E-state index < -0.39 is 119 Å². The van der Waals surface area contributed by atoms with Crippen LogP contribution in [0.1, 0.15) is 118 Å². The first-order chi connectivity index (χ1) is 38.1. The molecule has 0 saturated carbocycles. The molecular weight excluding hydrogens is 1050 g/mol. The van der Waals surface area contributed by atoms with Gasteiger partial charge in [-0.1, -0.05) is 26.8 Å². The Balaban J connectivity index is 1.24. The Bertz CT molecular complexity index is 2560. The van der Waals surface area contributed by atoms with E-state index in [-0.39, 0.29) is 56.1 Å². The van der Waals surface area contributed by atoms with E-state index in [0.29, 0.717) is 43.4 Å². The van der Waals surface area contributed by atoms with Crippen molar-refractivity contribution >= 4 is 35.0 Å². The average molecular weight is 1150 g/mol. The first-order valence-corrected chi connectivity index (χ1v) is 28.4. The molecule has 22 heteroatoms. The van der Waals surface area contributed by atoms with Crippen molar-refractivity contribution in [1.82, 2.24) is 14.4 Å². The quantitative estimate of drug-likeness (QED) is 0.0697. The fourth-order valence-corrected chi connectivity index (χ4v) is 12.6. The predicted molar refractivity (Wildman–Crippen MR) is 296 cm³/mol. The van der Waals surface area contributed by atoms with Crippen molar-refractivity contribution in [3.8, 4) is 0 Å². The summed E-state index contributed by atoms with van der Waals surface area (Å²) in [7, 11) is 8.82. The summed E-state index contributed by atoms with van der Waals surface area (Å²) in [5.41, 5.74) is -3.51. The number of carbonyl (C=O) groups excluding carboxylic acids is 3. The second kappa shape index (κ2) is 27.8. The van der Waals surface area contributed by atoms with Gasteiger partial charge in [0.15, 0.2) is 30.4 Å². The molecule has 18 atom stereocenters. The number of fused-ring (bicyclic) bond motifs is 2. The number of hydrogen-bond donors (Lipinski definition) is 2. The summed E-state index contributed by atoms with van der Waals surface area (Å²) >= 11 is 0. The van der Waals surface area contributed by atoms with Gasteiger partial charge in [-0.25, -0.2) is 9.59 Å². The van der Waals surface area contributed by atoms with Gasteiger partial charge in [0.05, 0.1) is 72.6 Å². The van der Waals surface area contributed by atoms with Crippen molar-refractivity contribution in [2.45, 2.75) is 205 Å². The largest absolute Gasteiger partial charge is 0.509 e. The first-order valence-electron chi connectivity index (χ1n) is 28.4. The number of cyclic esters (lactones) is 1. The highest BCUT2D eigenvalue weighted by Crippen LogP contribution is 2.43. The van der Waals surface area contributed by atoms with Crippen LogP contribution in [0.5, 0.6) is 0 Å². The SMILES string of the molecule is CC[C@H]1OC(=O)[C@H](C)[C@@H](O[C@H]2C[C@@](C)(OC)[C@@H](OCCOC=CCc3ccc4c(c3)c(=O)c(C(=O)O)cn4CCOC)[C@H](C)O2)[C@H](C)[C@@H](O[C@@H]2O[C@H](C)C[C@H](N(C)C)[C@H]2OC(C)=O)[C@](C)(O)C[C@@H](C)CN(C)[C@H](C)[C@H]2OC(=O)O[C@@]21C. The van der Waals surface area contributed by atoms with Crippen LogP contribution < -0.4 is 5.43 Å². The van der Waals surface area contributed by atoms with E-state index >= 15 is 0 Å². The van der Waals surface area contributed by atoms with E-state index in [1.807, 2.05) is 85.5 Å². The molecule has 2 aromatic rings. The molecule has 4 aliphatic rings. The summed E-state index contributed by atoms with van der Waals surface area (Å²) in [4.78, 5) is 69.7. The van der Waals surface area contributed by atoms with Gasteiger partial charge in [0.2, 0.25) is 5.43 Å². The van der Waals surface area contributed by atoms with Crippen molar-refractivity contribution in [3.63, 3.8) is 0 Å². The monoisotopic (exact) mass is 1150 g/mol. The number of ether oxygens (including phenoxy) is 12. The molecule has 22 nitrogen and oxygen atoms in total. The Hall–Kier alpha value is -4.75. The number of benzene rings is 1. The van der Waals surface area contributed by atoms with Gasteiger partial charge in [0, 0.05) is 64.2 Å². The summed E-state index contributed by atoms with van der Waals surface area (Å²) in [6.07, 6.45) is -3.24. The number of pyridine rings is 1. The number of carboxylic acid groups (broad SMARTS) is 1. The Morgan fingerprint density at radius 2 is 1.64 bits per heavy atom. The number of esters is 2. The van der Waals surface area contributed by atoms with E-state index in [1.165, 1.54) is 13.1 Å². The van der Waals surface area contributed by atoms with E-state index in [2.05, 4.69) is 0 Å². The molecule has 0 unspecified atom stereocenters. The van der Waals surface area contributed by atoms with E-state index in [1.54, 1.807) is 64.0 Å². The Morgan fingerprint density at radius 1 is 0.926 bits per heavy atom. The molecule has 5 heterocycles. The second-order valence-electron chi connectivity index (χ2n) is 23.7. The fraction of sp³-hybridized carbons (Fsp3) is 0.746. The van der Waals surface area contributed by atoms with Crippen LogP contribution >= 0.6 is 0 Å². The van der Waals surface area contributed by atoms with Crippen molar-refractivity contribution in [3.05, 3.63) is 58.1 Å². The Morgan fingerprint density at radius 3 is 2.28 bits per heavy atom. The first kappa shape index (κ1) is 65.4. The number of likely N-dealkylation sites (N-methyl/N-ethyl adjacent to an activating group) is 2. The van der Waals surface area contributed by atoms with Crippen molar-refractivity contribution in [2.75, 3.05) is 61.7 Å². The van der Waals surface area contributed by atoms with Gasteiger partial charge in [0.1, 0.15) is 24.4 Å². The molecule has 0 amide bonds. The highest BCUT2D eigenvalue weighted by atomic mass is 16.8. The number of nitrogens with zero attached hydrogens (tertiary/aromatic N) is 3. The third-order valence-corrected chi connectivity index (χ3v) is 16.9. The topological polar surface area (TPSA) is 248 Å². The minimum atomic E-state index is -1.64. The maximum atomic E-state index is 14.9. The minimum absolute atomic E-state index is 0.136. The molecule has 456 valence electrons. The number of aliphatic hydroxyl groups is 1. The summed E-state index contributed by atoms with van der Waals surface area (Å²) in [5, 5.41) is 23.0. The molecule has 4 fully saturated rings. The minimum Gasteiger partial charge on any atom is -0.499 e. The molecule has 0 bridgehead atoms. The van der Waals surface area contributed by atoms with Crippen LogP contribution in [0, 0.1) is 17.8 Å². The molecule has 0 aliphatic carbocycles. The number of carboxylic acids is 1. The van der Waals surface area contributed by atoms with Crippen LogP contribution in [0.25, 0.3) is 10.9 Å². The van der Waals surface area contributed by atoms with Crippen LogP contribution in [-0.4, -0.2) is 201 Å². The van der Waals surface area contributed by atoms with E-state index in [0.717, 1.165) is 5.56 Å². The third kappa shape index (κ3) is 15.3. The smallest absolute Gasteiger partial charge is 0.499 e. The normalized spacial score (nSPS) is 36.5. The summed E-state index contributed by atoms with van der Waals surface area (Å²) in [6, 6.07) is 4.65. The molecule has 0 spiro atoms. The van der Waals surface area contributed by atoms with Crippen LogP contribution in [0.2, 0.25) is 0 Å². The number of carbonyl (C=O) groups is 4. The summed E-state index contributed by atoms with van der Waals surface area (Å²) in [6.45, 7) is 21.2. The van der Waals surface area contributed by atoms with Gasteiger partial charge in [0.25, 0.3) is 0 Å². The summed E-state index contributed by atoms with van der Waals surface area (Å²) in [5.74, 6) is -4.58. The number of rotatable bonds is 19. The lowest BCUT2D eigenvalue weighted by Gasteiger charge is -2.49. The number of allylic oxidation sites excluding steroid dienone is 1. The van der Waals surface area contributed by atoms with Crippen LogP contribution in [0.15, 0.2) is 41.5 Å². The predicted octanol–water partition coefficient (Wildman–Crippen LogP) is 6.11. The van der Waals surface area contributed by atoms with Crippen LogP contribution in [0.3, 0.4) is 0 Å². The average Bonchev–Trinajstić information content (AvgIpc) is 3.93. The Kier molecular flexibility index (Phi) is 22.4. The van der Waals surface area contributed by atoms with Gasteiger partial charge in [-0.15, -0.1) is 0 Å². The molecule has 1 aromatic heterocycles. The molecule has 4 saturated heterocycles. The van der Waals surface area contributed by atoms with Crippen molar-refractivity contribution in [1.29, 1.82) is 0 Å². The molecular formula is C59H91N3O19. The maximum absolute atomic E-state index is 14.9. The van der Waals surface area contributed by atoms with Gasteiger partial charge in [-0.2, -0.15) is 0 Å². The summed E-state index contributed by atoms with van der Waals surface area (Å²) < 4.78 is 76.7. The molecule has 81 heavy (non-hydrogen) atoms. The number of hydrogen-bond acceptors (Lipinski definition) is 20. The van der Waals surface area contributed by atoms with Gasteiger partial charge >= 0.3 is 24.1 Å². The fourth-order valence-electron chi connectivity index (χ4n) is 12.6. The molecule has 1 aromatic carbocycles. The lowest BCUT2D eigenvalue weighted by atomic mass is 9.77. The van der Waals surface area contributed by atoms with E-state index in [9.17, 15) is 34.2 Å². The number of methoxy groups -OCH3 is 2. The molecule has 4 aliphatic heterocycles. The standard InChI is InChI=1S/C59H91N3O19/c1-17-45-59(11)51(80-56(68)81-59)37(6)61(14)31-33(2)29-57(9,69)50(79-55-49(76-39(8)63)44(60(12)13)27-34(3)74-55)35(4)48(36(5)54(67)77-45)78-46-30-58(10,71-16)52(38(7)75-46)73-26-25-72-23-18-19-40-20-21-43-41(28-40)47(64)42(53(65)66)32-62(43)22-24-70-15/h18,20-21,23,28,32-38,44-46,48-52,55,69H,17,19,22,24-27,29-31H2,1-16H3,(H,65,66)/t33-,34-,35+,36-,37-,38+,44+,45-,46+,48+,49-,50-,51-,52+,55+,57-,58-,59-/m1/s1. The lowest BCUT2D eigenvalue weighted by Crippen LogP contribution is -2.61. The Labute approximate surface area is 476 Å². The number of aromatic nitrogens is 1. The molecule has 2 N–H and O–H groups in total. The molecule has 6 rings (SSSR count). The second-order valence-corrected chi connectivity index (χ2v) is 23.7. The van der Waals surface area contributed by atoms with Gasteiger partial charge in [-0.3, -0.25) is 19.3 Å². The zero-order chi connectivity index (χ0) is 59.9. The van der Waals surface area contributed by atoms with E-state index in [4.69, 9.17) is 56.8 Å². The highest BCUT2D eigenvalue weighted by molar-refractivity contribution is 5.92. The highest BCUT2D eigenvalue weighted by Gasteiger charge is 2.58. The van der Waals surface area contributed by atoms with Crippen LogP contribution in [0.4, 0.5) is 4.79 Å². The van der Waals surface area contributed by atoms with Crippen LogP contribution in [-0.2, 0) is 79.4 Å². The molecule has 0 radical (unpaired) electrons. The zero-order valence-electron chi connectivity index (χ0n) is 50.4. The zero-order valence-corrected chi connectivity index (χ0v) is 50.4. The lowest BCUT2D eigenvalue weighted by molar-refractivity contribution is -0.321. The van der Waals surface area contributed by atoms with Crippen molar-refractivity contribution in [2.24, 2.45) is 17.8 Å². The van der Waals surface area contributed by atoms with Crippen molar-refractivity contribution < 1.29 is 86.2 Å².